The topological polar surface area (TPSA) is 81.4 Å². The van der Waals surface area contributed by atoms with E-state index in [1.807, 2.05) is 0 Å². The predicted octanol–water partition coefficient (Wildman–Crippen LogP) is 3.57. The molecular weight excluding hydrogens is 344 g/mol. The molecule has 0 aliphatic carbocycles. The Morgan fingerprint density at radius 2 is 1.88 bits per heavy atom. The fourth-order valence-electron chi connectivity index (χ4n) is 2.56. The molecule has 25 heavy (non-hydrogen) atoms. The van der Waals surface area contributed by atoms with Gasteiger partial charge in [0.25, 0.3) is 0 Å². The maximum Gasteiger partial charge on any atom is 0.328 e. The van der Waals surface area contributed by atoms with Gasteiger partial charge < -0.3 is 9.84 Å². The predicted molar refractivity (Wildman–Crippen MR) is 93.5 cm³/mol. The number of carboxylic acid groups (broad SMARTS) is 1. The molecule has 128 valence electrons. The molecule has 3 rings (SSSR count). The average molecular weight is 359 g/mol. The highest BCUT2D eigenvalue weighted by atomic mass is 35.5. The minimum Gasteiger partial charge on any atom is -0.497 e. The van der Waals surface area contributed by atoms with Gasteiger partial charge in [0.2, 0.25) is 5.78 Å². The van der Waals surface area contributed by atoms with Crippen molar-refractivity contribution in [2.75, 3.05) is 7.11 Å². The molecular formula is C18H15ClN2O4. The second-order valence-corrected chi connectivity index (χ2v) is 5.96. The van der Waals surface area contributed by atoms with E-state index in [4.69, 9.17) is 16.3 Å². The van der Waals surface area contributed by atoms with Crippen LogP contribution in [-0.4, -0.2) is 33.7 Å². The summed E-state index contributed by atoms with van der Waals surface area (Å²) in [5.41, 5.74) is 1.12. The Morgan fingerprint density at radius 3 is 2.48 bits per heavy atom. The number of aliphatic carboxylic acids is 1. The molecule has 1 heterocycles. The van der Waals surface area contributed by atoms with Crippen LogP contribution in [0.4, 0.5) is 0 Å². The number of carboxylic acids is 1. The molecule has 3 aromatic rings. The number of ether oxygens (including phenoxy) is 1. The summed E-state index contributed by atoms with van der Waals surface area (Å²) >= 11 is 6.03. The lowest BCUT2D eigenvalue weighted by molar-refractivity contribution is -0.140. The fraction of sp³-hybridized carbons (Fsp3) is 0.167. The number of carbonyl (C=O) groups is 2. The van der Waals surface area contributed by atoms with Crippen LogP contribution >= 0.6 is 11.6 Å². The summed E-state index contributed by atoms with van der Waals surface area (Å²) < 4.78 is 6.39. The van der Waals surface area contributed by atoms with E-state index in [9.17, 15) is 14.7 Å². The van der Waals surface area contributed by atoms with Crippen molar-refractivity contribution in [1.29, 1.82) is 0 Å². The lowest BCUT2D eigenvalue weighted by atomic mass is 10.1. The number of methoxy groups -OCH3 is 1. The third-order valence-corrected chi connectivity index (χ3v) is 4.20. The first kappa shape index (κ1) is 17.0. The highest BCUT2D eigenvalue weighted by Crippen LogP contribution is 2.27. The van der Waals surface area contributed by atoms with Gasteiger partial charge in [-0.2, -0.15) is 5.10 Å². The first-order valence-corrected chi connectivity index (χ1v) is 7.89. The van der Waals surface area contributed by atoms with Gasteiger partial charge in [-0.3, -0.25) is 9.48 Å². The molecule has 0 radical (unpaired) electrons. The van der Waals surface area contributed by atoms with E-state index in [-0.39, 0.29) is 11.5 Å². The number of benzene rings is 2. The monoisotopic (exact) mass is 358 g/mol. The Bertz CT molecular complexity index is 963. The zero-order valence-electron chi connectivity index (χ0n) is 13.6. The lowest BCUT2D eigenvalue weighted by Crippen LogP contribution is -2.17. The van der Waals surface area contributed by atoms with E-state index in [1.54, 1.807) is 49.6 Å². The molecule has 1 N–H and O–H groups in total. The molecule has 2 aromatic carbocycles. The van der Waals surface area contributed by atoms with Gasteiger partial charge in [-0.05, 0) is 49.4 Å². The maximum absolute atomic E-state index is 12.9. The van der Waals surface area contributed by atoms with Crippen molar-refractivity contribution in [2.45, 2.75) is 13.0 Å². The van der Waals surface area contributed by atoms with Crippen molar-refractivity contribution in [3.8, 4) is 5.75 Å². The Balaban J connectivity index is 2.15. The zero-order chi connectivity index (χ0) is 18.1. The van der Waals surface area contributed by atoms with Crippen molar-refractivity contribution in [3.05, 3.63) is 58.7 Å². The number of halogens is 1. The second kappa shape index (κ2) is 6.57. The number of fused-ring (bicyclic) bond motifs is 1. The smallest absolute Gasteiger partial charge is 0.328 e. The van der Waals surface area contributed by atoms with Gasteiger partial charge in [0.05, 0.1) is 12.6 Å². The third-order valence-electron chi connectivity index (χ3n) is 3.96. The Hall–Kier alpha value is -2.86. The van der Waals surface area contributed by atoms with Gasteiger partial charge >= 0.3 is 5.97 Å². The summed E-state index contributed by atoms with van der Waals surface area (Å²) in [7, 11) is 1.54. The van der Waals surface area contributed by atoms with E-state index in [1.165, 1.54) is 11.6 Å². The molecule has 0 bridgehead atoms. The van der Waals surface area contributed by atoms with Crippen LogP contribution in [0.2, 0.25) is 5.02 Å². The van der Waals surface area contributed by atoms with Crippen molar-refractivity contribution >= 4 is 34.3 Å². The molecule has 0 fully saturated rings. The number of aromatic nitrogens is 2. The minimum atomic E-state index is -1.05. The minimum absolute atomic E-state index is 0.185. The van der Waals surface area contributed by atoms with Crippen LogP contribution in [0, 0.1) is 0 Å². The largest absolute Gasteiger partial charge is 0.497 e. The lowest BCUT2D eigenvalue weighted by Gasteiger charge is -2.08. The average Bonchev–Trinajstić information content (AvgIpc) is 2.98. The van der Waals surface area contributed by atoms with E-state index in [0.717, 1.165) is 0 Å². The van der Waals surface area contributed by atoms with Gasteiger partial charge in [-0.1, -0.05) is 11.6 Å². The van der Waals surface area contributed by atoms with Crippen LogP contribution in [-0.2, 0) is 4.79 Å². The summed E-state index contributed by atoms with van der Waals surface area (Å²) in [5, 5.41) is 14.6. The standard InChI is InChI=1S/C18H15ClN2O4/c1-10(18(23)24)21-15-9-12(19)5-8-14(15)16(20-21)17(22)11-3-6-13(25-2)7-4-11/h3-10H,1-2H3,(H,23,24). The normalized spacial score (nSPS) is 12.1. The number of ketones is 1. The summed E-state index contributed by atoms with van der Waals surface area (Å²) in [6, 6.07) is 10.6. The number of nitrogens with zero attached hydrogens (tertiary/aromatic N) is 2. The van der Waals surface area contributed by atoms with E-state index in [0.29, 0.717) is 27.2 Å². The third kappa shape index (κ3) is 3.08. The van der Waals surface area contributed by atoms with Crippen LogP contribution in [0.15, 0.2) is 42.5 Å². The van der Waals surface area contributed by atoms with Crippen molar-refractivity contribution in [2.24, 2.45) is 0 Å². The molecule has 0 amide bonds. The zero-order valence-corrected chi connectivity index (χ0v) is 14.3. The molecule has 0 aliphatic heterocycles. The molecule has 0 saturated heterocycles. The first-order chi connectivity index (χ1) is 11.9. The first-order valence-electron chi connectivity index (χ1n) is 7.51. The van der Waals surface area contributed by atoms with Gasteiger partial charge in [-0.15, -0.1) is 0 Å². The summed E-state index contributed by atoms with van der Waals surface area (Å²) in [6.45, 7) is 1.50. The highest BCUT2D eigenvalue weighted by Gasteiger charge is 2.24. The number of carbonyl (C=O) groups excluding carboxylic acids is 1. The summed E-state index contributed by atoms with van der Waals surface area (Å²) in [6.07, 6.45) is 0. The number of hydrogen-bond donors (Lipinski definition) is 1. The van der Waals surface area contributed by atoms with Crippen molar-refractivity contribution in [1.82, 2.24) is 9.78 Å². The Labute approximate surface area is 148 Å². The van der Waals surface area contributed by atoms with E-state index < -0.39 is 12.0 Å². The molecule has 0 aliphatic rings. The van der Waals surface area contributed by atoms with Crippen LogP contribution in [0.1, 0.15) is 29.0 Å². The SMILES string of the molecule is COc1ccc(C(=O)c2nn(C(C)C(=O)O)c3cc(Cl)ccc23)cc1. The van der Waals surface area contributed by atoms with Crippen LogP contribution < -0.4 is 4.74 Å². The van der Waals surface area contributed by atoms with Crippen molar-refractivity contribution < 1.29 is 19.4 Å². The summed E-state index contributed by atoms with van der Waals surface area (Å²) in [5.74, 6) is -0.711. The Morgan fingerprint density at radius 1 is 1.20 bits per heavy atom. The van der Waals surface area contributed by atoms with E-state index in [2.05, 4.69) is 5.10 Å². The molecule has 1 unspecified atom stereocenters. The quantitative estimate of drug-likeness (QED) is 0.705. The van der Waals surface area contributed by atoms with Crippen LogP contribution in [0.5, 0.6) is 5.75 Å². The molecule has 6 nitrogen and oxygen atoms in total. The van der Waals surface area contributed by atoms with Crippen molar-refractivity contribution in [3.63, 3.8) is 0 Å². The molecule has 1 atom stereocenters. The number of rotatable bonds is 5. The Kier molecular flexibility index (Phi) is 4.46. The van der Waals surface area contributed by atoms with Gasteiger partial charge in [-0.25, -0.2) is 4.79 Å². The van der Waals surface area contributed by atoms with Crippen LogP contribution in [0.3, 0.4) is 0 Å². The number of hydrogen-bond acceptors (Lipinski definition) is 4. The molecule has 0 spiro atoms. The van der Waals surface area contributed by atoms with Crippen LogP contribution in [0.25, 0.3) is 10.9 Å². The van der Waals surface area contributed by atoms with Gasteiger partial charge in [0.15, 0.2) is 0 Å². The highest BCUT2D eigenvalue weighted by molar-refractivity contribution is 6.31. The summed E-state index contributed by atoms with van der Waals surface area (Å²) in [4.78, 5) is 24.2. The molecule has 1 aromatic heterocycles. The second-order valence-electron chi connectivity index (χ2n) is 5.53. The van der Waals surface area contributed by atoms with E-state index >= 15 is 0 Å². The van der Waals surface area contributed by atoms with Gasteiger partial charge in [0, 0.05) is 16.0 Å². The molecule has 0 saturated carbocycles. The van der Waals surface area contributed by atoms with Gasteiger partial charge in [0.1, 0.15) is 17.5 Å². The maximum atomic E-state index is 12.9. The fourth-order valence-corrected chi connectivity index (χ4v) is 2.72. The molecule has 7 heteroatoms.